The Bertz CT molecular complexity index is 423. The van der Waals surface area contributed by atoms with Crippen LogP contribution in [0.25, 0.3) is 0 Å². The molecule has 1 heterocycles. The minimum Gasteiger partial charge on any atom is -0.385 e. The number of benzene rings is 1. The van der Waals surface area contributed by atoms with Gasteiger partial charge in [0.25, 0.3) is 0 Å². The fourth-order valence-electron chi connectivity index (χ4n) is 2.26. The van der Waals surface area contributed by atoms with Crippen LogP contribution in [0, 0.1) is 0 Å². The fraction of sp³-hybridized carbons (Fsp3) is 0.600. The van der Waals surface area contributed by atoms with Crippen molar-refractivity contribution in [2.75, 3.05) is 20.1 Å². The van der Waals surface area contributed by atoms with Gasteiger partial charge in [-0.25, -0.2) is 0 Å². The summed E-state index contributed by atoms with van der Waals surface area (Å²) in [6, 6.07) is 5.02. The molecule has 1 N–H and O–H groups in total. The minimum atomic E-state index is -4.36. The van der Waals surface area contributed by atoms with E-state index in [1.807, 2.05) is 20.9 Å². The quantitative estimate of drug-likeness (QED) is 0.853. The van der Waals surface area contributed by atoms with Crippen LogP contribution in [0.4, 0.5) is 13.2 Å². The maximum absolute atomic E-state index is 12.6. The summed E-state index contributed by atoms with van der Waals surface area (Å²) in [5.74, 6) is 0. The molecule has 0 radical (unpaired) electrons. The molecule has 1 aromatic carbocycles. The van der Waals surface area contributed by atoms with Gasteiger partial charge in [-0.3, -0.25) is 0 Å². The number of likely N-dealkylation sites (tertiary alicyclic amines) is 1. The standard InChI is InChI=1S/C13H16F3NO.C2H6/c1-17-7-5-12(18,6-8-17)10-3-2-4-11(9-10)13(14,15)16;1-2/h2-4,9,18H,5-8H2,1H3;1-2H3. The lowest BCUT2D eigenvalue weighted by Gasteiger charge is -2.37. The molecule has 2 nitrogen and oxygen atoms in total. The molecular formula is C15H22F3NO. The Labute approximate surface area is 118 Å². The highest BCUT2D eigenvalue weighted by atomic mass is 19.4. The minimum absolute atomic E-state index is 0.366. The smallest absolute Gasteiger partial charge is 0.385 e. The molecule has 0 aliphatic carbocycles. The molecular weight excluding hydrogens is 267 g/mol. The second kappa shape index (κ2) is 6.59. The van der Waals surface area contributed by atoms with Crippen molar-refractivity contribution in [2.24, 2.45) is 0 Å². The molecule has 0 unspecified atom stereocenters. The predicted octanol–water partition coefficient (Wildman–Crippen LogP) is 3.64. The van der Waals surface area contributed by atoms with Crippen LogP contribution in [-0.2, 0) is 11.8 Å². The Morgan fingerprint density at radius 1 is 1.15 bits per heavy atom. The van der Waals surface area contributed by atoms with E-state index < -0.39 is 17.3 Å². The largest absolute Gasteiger partial charge is 0.416 e. The third-order valence-corrected chi connectivity index (χ3v) is 3.54. The molecule has 0 saturated carbocycles. The zero-order valence-corrected chi connectivity index (χ0v) is 12.2. The van der Waals surface area contributed by atoms with E-state index in [4.69, 9.17) is 0 Å². The van der Waals surface area contributed by atoms with Gasteiger partial charge < -0.3 is 10.0 Å². The third kappa shape index (κ3) is 3.96. The number of piperidine rings is 1. The predicted molar refractivity (Wildman–Crippen MR) is 73.4 cm³/mol. The van der Waals surface area contributed by atoms with Crippen LogP contribution in [0.2, 0.25) is 0 Å². The van der Waals surface area contributed by atoms with Crippen molar-refractivity contribution in [1.82, 2.24) is 4.90 Å². The van der Waals surface area contributed by atoms with Crippen molar-refractivity contribution >= 4 is 0 Å². The zero-order valence-electron chi connectivity index (χ0n) is 12.2. The number of hydrogen-bond acceptors (Lipinski definition) is 2. The van der Waals surface area contributed by atoms with E-state index in [-0.39, 0.29) is 0 Å². The second-order valence-electron chi connectivity index (χ2n) is 4.91. The molecule has 1 aromatic rings. The number of hydrogen-bond donors (Lipinski definition) is 1. The van der Waals surface area contributed by atoms with Crippen molar-refractivity contribution in [3.05, 3.63) is 35.4 Å². The van der Waals surface area contributed by atoms with Crippen LogP contribution in [0.15, 0.2) is 24.3 Å². The van der Waals surface area contributed by atoms with Gasteiger partial charge in [-0.15, -0.1) is 0 Å². The highest BCUT2D eigenvalue weighted by molar-refractivity contribution is 5.30. The number of rotatable bonds is 1. The highest BCUT2D eigenvalue weighted by Gasteiger charge is 2.36. The van der Waals surface area contributed by atoms with Crippen molar-refractivity contribution < 1.29 is 18.3 Å². The molecule has 5 heteroatoms. The molecule has 1 fully saturated rings. The molecule has 1 saturated heterocycles. The Hall–Kier alpha value is -1.07. The van der Waals surface area contributed by atoms with Crippen molar-refractivity contribution in [3.8, 4) is 0 Å². The Morgan fingerprint density at radius 3 is 2.20 bits per heavy atom. The van der Waals surface area contributed by atoms with Gasteiger partial charge in [0.2, 0.25) is 0 Å². The lowest BCUT2D eigenvalue weighted by Crippen LogP contribution is -2.40. The first kappa shape index (κ1) is 17.0. The SMILES string of the molecule is CC.CN1CCC(O)(c2cccc(C(F)(F)F)c2)CC1. The van der Waals surface area contributed by atoms with Crippen LogP contribution >= 0.6 is 0 Å². The number of halogens is 3. The molecule has 0 amide bonds. The van der Waals surface area contributed by atoms with E-state index >= 15 is 0 Å². The third-order valence-electron chi connectivity index (χ3n) is 3.54. The molecule has 2 rings (SSSR count). The summed E-state index contributed by atoms with van der Waals surface area (Å²) in [6.07, 6.45) is -3.44. The van der Waals surface area contributed by atoms with Gasteiger partial charge in [-0.1, -0.05) is 26.0 Å². The molecule has 0 spiro atoms. The topological polar surface area (TPSA) is 23.5 Å². The first-order valence-corrected chi connectivity index (χ1v) is 6.90. The van der Waals surface area contributed by atoms with E-state index in [0.717, 1.165) is 12.1 Å². The van der Waals surface area contributed by atoms with Gasteiger partial charge in [-0.2, -0.15) is 13.2 Å². The summed E-state index contributed by atoms with van der Waals surface area (Å²) in [5.41, 5.74) is -1.47. The van der Waals surface area contributed by atoms with Crippen LogP contribution in [0.3, 0.4) is 0 Å². The molecule has 0 bridgehead atoms. The summed E-state index contributed by atoms with van der Waals surface area (Å²) in [5, 5.41) is 10.5. The normalized spacial score (nSPS) is 19.1. The van der Waals surface area contributed by atoms with Crippen molar-refractivity contribution in [1.29, 1.82) is 0 Å². The number of alkyl halides is 3. The first-order valence-electron chi connectivity index (χ1n) is 6.90. The summed E-state index contributed by atoms with van der Waals surface area (Å²) in [7, 11) is 1.94. The fourth-order valence-corrected chi connectivity index (χ4v) is 2.26. The van der Waals surface area contributed by atoms with Crippen molar-refractivity contribution in [3.63, 3.8) is 0 Å². The van der Waals surface area contributed by atoms with Gasteiger partial charge in [0.05, 0.1) is 11.2 Å². The molecule has 0 aromatic heterocycles. The van der Waals surface area contributed by atoms with E-state index in [2.05, 4.69) is 4.90 Å². The lowest BCUT2D eigenvalue weighted by molar-refractivity contribution is -0.137. The van der Waals surface area contributed by atoms with E-state index in [1.165, 1.54) is 6.07 Å². The Kier molecular flexibility index (Phi) is 5.59. The van der Waals surface area contributed by atoms with Gasteiger partial charge in [0.15, 0.2) is 0 Å². The van der Waals surface area contributed by atoms with E-state index in [9.17, 15) is 18.3 Å². The van der Waals surface area contributed by atoms with Gasteiger partial charge in [0.1, 0.15) is 0 Å². The van der Waals surface area contributed by atoms with Crippen LogP contribution in [0.5, 0.6) is 0 Å². The average Bonchev–Trinajstić information content (AvgIpc) is 2.44. The maximum atomic E-state index is 12.6. The number of nitrogens with zero attached hydrogens (tertiary/aromatic N) is 1. The highest BCUT2D eigenvalue weighted by Crippen LogP contribution is 2.36. The van der Waals surface area contributed by atoms with E-state index in [0.29, 0.717) is 31.5 Å². The lowest BCUT2D eigenvalue weighted by atomic mass is 9.84. The average molecular weight is 289 g/mol. The molecule has 1 aliphatic rings. The maximum Gasteiger partial charge on any atom is 0.416 e. The molecule has 0 atom stereocenters. The second-order valence-corrected chi connectivity index (χ2v) is 4.91. The Balaban J connectivity index is 0.000000956. The summed E-state index contributed by atoms with van der Waals surface area (Å²) in [6.45, 7) is 5.37. The van der Waals surface area contributed by atoms with Gasteiger partial charge in [-0.05, 0) is 37.6 Å². The van der Waals surface area contributed by atoms with Crippen molar-refractivity contribution in [2.45, 2.75) is 38.5 Å². The molecule has 114 valence electrons. The molecule has 1 aliphatic heterocycles. The monoisotopic (exact) mass is 289 g/mol. The van der Waals surface area contributed by atoms with E-state index in [1.54, 1.807) is 6.07 Å². The van der Waals surface area contributed by atoms with Crippen LogP contribution in [-0.4, -0.2) is 30.1 Å². The first-order chi connectivity index (χ1) is 9.31. The Morgan fingerprint density at radius 2 is 1.70 bits per heavy atom. The summed E-state index contributed by atoms with van der Waals surface area (Å²) >= 11 is 0. The van der Waals surface area contributed by atoms with Gasteiger partial charge in [0, 0.05) is 13.1 Å². The molecule has 20 heavy (non-hydrogen) atoms. The summed E-state index contributed by atoms with van der Waals surface area (Å²) < 4.78 is 37.9. The zero-order chi connectivity index (χ0) is 15.4. The number of aliphatic hydroxyl groups is 1. The summed E-state index contributed by atoms with van der Waals surface area (Å²) in [4.78, 5) is 2.06. The van der Waals surface area contributed by atoms with Crippen LogP contribution in [0.1, 0.15) is 37.8 Å². The van der Waals surface area contributed by atoms with Crippen LogP contribution < -0.4 is 0 Å². The van der Waals surface area contributed by atoms with Gasteiger partial charge >= 0.3 is 6.18 Å².